The second kappa shape index (κ2) is 10.1. The average Bonchev–Trinajstić information content (AvgIpc) is 3.21. The number of para-hydroxylation sites is 1. The van der Waals surface area contributed by atoms with Gasteiger partial charge in [-0.2, -0.15) is 0 Å². The number of hydrogen-bond acceptors (Lipinski definition) is 5. The lowest BCUT2D eigenvalue weighted by Gasteiger charge is -2.13. The topological polar surface area (TPSA) is 127 Å². The minimum Gasteiger partial charge on any atom is -0.378 e. The highest BCUT2D eigenvalue weighted by molar-refractivity contribution is 7.92. The third kappa shape index (κ3) is 5.72. The minimum absolute atomic E-state index is 0.0317. The SMILES string of the molecule is CN(C)c1ccc(CCCNC(=O)c2ccccc2NS(=O)(=O)c2ccc3[nH]c(=O)[nH]c3c2)cc1. The molecule has 4 rings (SSSR count). The Hall–Kier alpha value is -4.05. The summed E-state index contributed by atoms with van der Waals surface area (Å²) in [5, 5.41) is 2.87. The van der Waals surface area contributed by atoms with Gasteiger partial charge >= 0.3 is 5.69 Å². The van der Waals surface area contributed by atoms with Gasteiger partial charge in [-0.05, 0) is 60.9 Å². The van der Waals surface area contributed by atoms with Crippen LogP contribution in [0.5, 0.6) is 0 Å². The highest BCUT2D eigenvalue weighted by atomic mass is 32.2. The molecule has 4 aromatic rings. The maximum absolute atomic E-state index is 13.0. The molecule has 10 heteroatoms. The number of imidazole rings is 1. The molecule has 0 unspecified atom stereocenters. The molecule has 0 radical (unpaired) electrons. The second-order valence-electron chi connectivity index (χ2n) is 8.36. The smallest absolute Gasteiger partial charge is 0.323 e. The average molecular weight is 494 g/mol. The van der Waals surface area contributed by atoms with Crippen LogP contribution < -0.4 is 20.6 Å². The number of rotatable bonds is 9. The molecular weight excluding hydrogens is 466 g/mol. The largest absolute Gasteiger partial charge is 0.378 e. The van der Waals surface area contributed by atoms with E-state index in [0.29, 0.717) is 17.6 Å². The van der Waals surface area contributed by atoms with Crippen molar-refractivity contribution in [3.8, 4) is 0 Å². The number of aromatic nitrogens is 2. The number of hydrogen-bond donors (Lipinski definition) is 4. The third-order valence-corrected chi connectivity index (χ3v) is 6.96. The molecule has 0 aliphatic carbocycles. The molecule has 3 aromatic carbocycles. The minimum atomic E-state index is -3.99. The van der Waals surface area contributed by atoms with E-state index in [0.717, 1.165) is 18.5 Å². The van der Waals surface area contributed by atoms with E-state index in [4.69, 9.17) is 0 Å². The highest BCUT2D eigenvalue weighted by Gasteiger charge is 2.19. The van der Waals surface area contributed by atoms with Crippen molar-refractivity contribution in [2.75, 3.05) is 30.3 Å². The van der Waals surface area contributed by atoms with Gasteiger partial charge in [-0.1, -0.05) is 24.3 Å². The molecule has 182 valence electrons. The van der Waals surface area contributed by atoms with E-state index in [1.165, 1.54) is 29.8 Å². The van der Waals surface area contributed by atoms with Gasteiger partial charge in [0.1, 0.15) is 0 Å². The Bertz CT molecular complexity index is 1500. The van der Waals surface area contributed by atoms with Crippen LogP contribution in [-0.2, 0) is 16.4 Å². The van der Waals surface area contributed by atoms with E-state index < -0.39 is 15.7 Å². The van der Waals surface area contributed by atoms with Crippen molar-refractivity contribution in [1.82, 2.24) is 15.3 Å². The molecule has 4 N–H and O–H groups in total. The van der Waals surface area contributed by atoms with Crippen LogP contribution in [0.4, 0.5) is 11.4 Å². The molecule has 0 spiro atoms. The fourth-order valence-electron chi connectivity index (χ4n) is 3.70. The number of benzene rings is 3. The van der Waals surface area contributed by atoms with Crippen LogP contribution in [0.1, 0.15) is 22.3 Å². The number of nitrogens with zero attached hydrogens (tertiary/aromatic N) is 1. The maximum atomic E-state index is 13.0. The van der Waals surface area contributed by atoms with Crippen molar-refractivity contribution in [2.24, 2.45) is 0 Å². The van der Waals surface area contributed by atoms with Gasteiger partial charge in [-0.15, -0.1) is 0 Å². The second-order valence-corrected chi connectivity index (χ2v) is 10.0. The number of carbonyl (C=O) groups excluding carboxylic acids is 1. The maximum Gasteiger partial charge on any atom is 0.323 e. The van der Waals surface area contributed by atoms with Gasteiger partial charge in [0.2, 0.25) is 0 Å². The van der Waals surface area contributed by atoms with Crippen molar-refractivity contribution < 1.29 is 13.2 Å². The van der Waals surface area contributed by atoms with E-state index >= 15 is 0 Å². The molecule has 1 aromatic heterocycles. The zero-order valence-corrected chi connectivity index (χ0v) is 20.3. The van der Waals surface area contributed by atoms with E-state index in [1.807, 2.05) is 19.0 Å². The molecule has 0 saturated heterocycles. The lowest BCUT2D eigenvalue weighted by atomic mass is 10.1. The Morgan fingerprint density at radius 3 is 2.40 bits per heavy atom. The number of anilines is 2. The molecule has 0 saturated carbocycles. The van der Waals surface area contributed by atoms with Crippen LogP contribution >= 0.6 is 0 Å². The zero-order valence-electron chi connectivity index (χ0n) is 19.5. The number of nitrogens with one attached hydrogen (secondary N) is 4. The van der Waals surface area contributed by atoms with Crippen molar-refractivity contribution >= 4 is 38.3 Å². The quantitative estimate of drug-likeness (QED) is 0.267. The predicted molar refractivity (Wildman–Crippen MR) is 138 cm³/mol. The summed E-state index contributed by atoms with van der Waals surface area (Å²) in [6.07, 6.45) is 1.56. The van der Waals surface area contributed by atoms with E-state index in [9.17, 15) is 18.0 Å². The molecule has 1 amide bonds. The molecule has 0 bridgehead atoms. The van der Waals surface area contributed by atoms with Crippen molar-refractivity contribution in [3.63, 3.8) is 0 Å². The van der Waals surface area contributed by atoms with E-state index in [1.54, 1.807) is 18.2 Å². The first-order chi connectivity index (χ1) is 16.7. The van der Waals surface area contributed by atoms with Gasteiger partial charge in [-0.25, -0.2) is 13.2 Å². The predicted octanol–water partition coefficient (Wildman–Crippen LogP) is 3.09. The first kappa shape index (κ1) is 24.1. The summed E-state index contributed by atoms with van der Waals surface area (Å²) in [6, 6.07) is 19.0. The van der Waals surface area contributed by atoms with Crippen LogP contribution in [0.15, 0.2) is 76.4 Å². The van der Waals surface area contributed by atoms with Gasteiger partial charge in [0.05, 0.1) is 27.2 Å². The Labute approximate surface area is 203 Å². The monoisotopic (exact) mass is 493 g/mol. The first-order valence-corrected chi connectivity index (χ1v) is 12.6. The van der Waals surface area contributed by atoms with Gasteiger partial charge in [0.25, 0.3) is 15.9 Å². The number of sulfonamides is 1. The van der Waals surface area contributed by atoms with Crippen molar-refractivity contribution in [2.45, 2.75) is 17.7 Å². The molecule has 1 heterocycles. The Kier molecular flexibility index (Phi) is 6.92. The van der Waals surface area contributed by atoms with Gasteiger partial charge in [0.15, 0.2) is 0 Å². The van der Waals surface area contributed by atoms with Crippen LogP contribution in [0.25, 0.3) is 11.0 Å². The fraction of sp³-hybridized carbons (Fsp3) is 0.200. The van der Waals surface area contributed by atoms with Crippen molar-refractivity contribution in [3.05, 3.63) is 88.3 Å². The highest BCUT2D eigenvalue weighted by Crippen LogP contribution is 2.22. The number of aryl methyl sites for hydroxylation is 1. The van der Waals surface area contributed by atoms with Crippen LogP contribution in [-0.4, -0.2) is 44.9 Å². The summed E-state index contributed by atoms with van der Waals surface area (Å²) < 4.78 is 28.4. The van der Waals surface area contributed by atoms with Crippen LogP contribution in [0, 0.1) is 0 Å². The molecule has 0 aliphatic heterocycles. The number of fused-ring (bicyclic) bond motifs is 1. The standard InChI is InChI=1S/C25H27N5O4S/c1-30(2)18-11-9-17(10-12-18)6-5-15-26-24(31)20-7-3-4-8-21(20)29-35(33,34)19-13-14-22-23(16-19)28-25(32)27-22/h3-4,7-14,16,29H,5-6,15H2,1-2H3,(H,26,31)(H2,27,28,32). The summed E-state index contributed by atoms with van der Waals surface area (Å²) in [5.74, 6) is -0.364. The zero-order chi connectivity index (χ0) is 25.0. The lowest BCUT2D eigenvalue weighted by Crippen LogP contribution is -2.26. The van der Waals surface area contributed by atoms with Crippen molar-refractivity contribution in [1.29, 1.82) is 0 Å². The lowest BCUT2D eigenvalue weighted by molar-refractivity contribution is 0.0954. The molecule has 9 nitrogen and oxygen atoms in total. The summed E-state index contributed by atoms with van der Waals surface area (Å²) in [5.41, 5.74) is 3.16. The molecule has 0 atom stereocenters. The van der Waals surface area contributed by atoms with Gasteiger partial charge in [-0.3, -0.25) is 9.52 Å². The Balaban J connectivity index is 1.40. The number of aromatic amines is 2. The summed E-state index contributed by atoms with van der Waals surface area (Å²) >= 11 is 0. The fourth-order valence-corrected chi connectivity index (χ4v) is 4.81. The molecule has 0 aliphatic rings. The van der Waals surface area contributed by atoms with Crippen LogP contribution in [0.3, 0.4) is 0 Å². The van der Waals surface area contributed by atoms with Crippen LogP contribution in [0.2, 0.25) is 0 Å². The Morgan fingerprint density at radius 1 is 0.943 bits per heavy atom. The number of H-pyrrole nitrogens is 2. The Morgan fingerprint density at radius 2 is 1.66 bits per heavy atom. The summed E-state index contributed by atoms with van der Waals surface area (Å²) in [4.78, 5) is 31.4. The van der Waals surface area contributed by atoms with Gasteiger partial charge in [0, 0.05) is 26.3 Å². The summed E-state index contributed by atoms with van der Waals surface area (Å²) in [7, 11) is -0.00962. The number of carbonyl (C=O) groups is 1. The first-order valence-electron chi connectivity index (χ1n) is 11.1. The molecule has 0 fully saturated rings. The van der Waals surface area contributed by atoms with E-state index in [-0.39, 0.29) is 22.1 Å². The third-order valence-electron chi connectivity index (χ3n) is 5.59. The molecule has 35 heavy (non-hydrogen) atoms. The summed E-state index contributed by atoms with van der Waals surface area (Å²) in [6.45, 7) is 0.451. The number of amides is 1. The molecular formula is C25H27N5O4S. The normalized spacial score (nSPS) is 11.4. The van der Waals surface area contributed by atoms with E-state index in [2.05, 4.69) is 44.3 Å². The van der Waals surface area contributed by atoms with Gasteiger partial charge < -0.3 is 20.2 Å².